The number of thiazole rings is 1. The molecular formula is C17H22ClN3S. The second-order valence-corrected chi connectivity index (χ2v) is 7.65. The number of halogens is 1. The van der Waals surface area contributed by atoms with Crippen molar-refractivity contribution in [1.29, 1.82) is 0 Å². The van der Waals surface area contributed by atoms with E-state index >= 15 is 0 Å². The Labute approximate surface area is 141 Å². The average molecular weight is 336 g/mol. The fraction of sp³-hybridized carbons (Fsp3) is 0.471. The van der Waals surface area contributed by atoms with Gasteiger partial charge >= 0.3 is 0 Å². The summed E-state index contributed by atoms with van der Waals surface area (Å²) in [7, 11) is 0. The largest absolute Gasteiger partial charge is 0.330 e. The Balaban J connectivity index is 1.74. The van der Waals surface area contributed by atoms with E-state index in [9.17, 15) is 0 Å². The van der Waals surface area contributed by atoms with E-state index in [-0.39, 0.29) is 0 Å². The van der Waals surface area contributed by atoms with Crippen molar-refractivity contribution in [3.8, 4) is 0 Å². The van der Waals surface area contributed by atoms with E-state index in [0.717, 1.165) is 29.7 Å². The number of benzene rings is 1. The molecule has 0 aliphatic carbocycles. The van der Waals surface area contributed by atoms with Crippen molar-refractivity contribution in [2.24, 2.45) is 11.7 Å². The zero-order valence-electron chi connectivity index (χ0n) is 13.1. The van der Waals surface area contributed by atoms with Crippen molar-refractivity contribution in [2.45, 2.75) is 26.3 Å². The molecule has 0 bridgehead atoms. The van der Waals surface area contributed by atoms with Gasteiger partial charge in [0.1, 0.15) is 0 Å². The zero-order valence-corrected chi connectivity index (χ0v) is 14.6. The number of aromatic nitrogens is 1. The van der Waals surface area contributed by atoms with Gasteiger partial charge in [-0.3, -0.25) is 4.90 Å². The Bertz CT molecular complexity index is 655. The maximum absolute atomic E-state index is 6.37. The van der Waals surface area contributed by atoms with Gasteiger partial charge < -0.3 is 5.73 Å². The van der Waals surface area contributed by atoms with E-state index in [1.807, 2.05) is 6.07 Å². The summed E-state index contributed by atoms with van der Waals surface area (Å²) in [5.41, 5.74) is 9.59. The minimum Gasteiger partial charge on any atom is -0.330 e. The molecule has 118 valence electrons. The van der Waals surface area contributed by atoms with Gasteiger partial charge in [-0.15, -0.1) is 11.3 Å². The number of hydrogen-bond donors (Lipinski definition) is 1. The predicted octanol–water partition coefficient (Wildman–Crippen LogP) is 3.59. The Morgan fingerprint density at radius 1 is 1.36 bits per heavy atom. The summed E-state index contributed by atoms with van der Waals surface area (Å²) in [6.07, 6.45) is 0. The highest BCUT2D eigenvalue weighted by molar-refractivity contribution is 7.09. The standard InChI is InChI=1S/C17H22ClN3S/c1-11-3-4-13(16(18)5-11)7-21-8-14(6-19)15(9-21)17-10-22-12(2)20-17/h3-5,10,14-15H,6-9,19H2,1-2H3/t14-,15-/m0/s1. The summed E-state index contributed by atoms with van der Waals surface area (Å²) in [6.45, 7) is 7.74. The molecule has 0 radical (unpaired) electrons. The van der Waals surface area contributed by atoms with Crippen molar-refractivity contribution >= 4 is 22.9 Å². The Morgan fingerprint density at radius 2 is 2.18 bits per heavy atom. The summed E-state index contributed by atoms with van der Waals surface area (Å²) < 4.78 is 0. The molecule has 1 aromatic heterocycles. The van der Waals surface area contributed by atoms with Crippen LogP contribution in [0.25, 0.3) is 0 Å². The van der Waals surface area contributed by atoms with Crippen LogP contribution in [-0.2, 0) is 6.54 Å². The molecule has 3 rings (SSSR count). The maximum atomic E-state index is 6.37. The molecule has 1 aromatic carbocycles. The molecular weight excluding hydrogens is 314 g/mol. The van der Waals surface area contributed by atoms with Gasteiger partial charge in [0.05, 0.1) is 10.7 Å². The molecule has 1 fully saturated rings. The third-order valence-electron chi connectivity index (χ3n) is 4.44. The Kier molecular flexibility index (Phi) is 4.83. The first-order valence-electron chi connectivity index (χ1n) is 7.66. The normalized spacial score (nSPS) is 22.4. The topological polar surface area (TPSA) is 42.1 Å². The summed E-state index contributed by atoms with van der Waals surface area (Å²) in [5, 5.41) is 4.17. The van der Waals surface area contributed by atoms with Crippen LogP contribution in [0.15, 0.2) is 23.6 Å². The van der Waals surface area contributed by atoms with Crippen LogP contribution in [0, 0.1) is 19.8 Å². The lowest BCUT2D eigenvalue weighted by Crippen LogP contribution is -2.23. The van der Waals surface area contributed by atoms with Gasteiger partial charge in [0.25, 0.3) is 0 Å². The minimum absolute atomic E-state index is 0.444. The predicted molar refractivity (Wildman–Crippen MR) is 93.6 cm³/mol. The van der Waals surface area contributed by atoms with Crippen LogP contribution in [0.4, 0.5) is 0 Å². The molecule has 22 heavy (non-hydrogen) atoms. The fourth-order valence-electron chi connectivity index (χ4n) is 3.24. The Hall–Kier alpha value is -0.940. The molecule has 1 saturated heterocycles. The molecule has 2 atom stereocenters. The van der Waals surface area contributed by atoms with Gasteiger partial charge in [-0.25, -0.2) is 4.98 Å². The van der Waals surface area contributed by atoms with Crippen molar-refractivity contribution < 1.29 is 0 Å². The molecule has 0 amide bonds. The first-order valence-corrected chi connectivity index (χ1v) is 8.92. The van der Waals surface area contributed by atoms with Crippen molar-refractivity contribution in [1.82, 2.24) is 9.88 Å². The second kappa shape index (κ2) is 6.67. The average Bonchev–Trinajstić information content (AvgIpc) is 3.08. The molecule has 1 aliphatic heterocycles. The van der Waals surface area contributed by atoms with Crippen LogP contribution < -0.4 is 5.73 Å². The van der Waals surface area contributed by atoms with Crippen LogP contribution in [0.3, 0.4) is 0 Å². The van der Waals surface area contributed by atoms with E-state index in [0.29, 0.717) is 18.4 Å². The second-order valence-electron chi connectivity index (χ2n) is 6.18. The van der Waals surface area contributed by atoms with Gasteiger partial charge in [-0.2, -0.15) is 0 Å². The lowest BCUT2D eigenvalue weighted by atomic mass is 9.94. The van der Waals surface area contributed by atoms with E-state index in [1.54, 1.807) is 11.3 Å². The number of aryl methyl sites for hydroxylation is 2. The SMILES string of the molecule is Cc1ccc(CN2C[C@H](CN)[C@@H](c3csc(C)n3)C2)c(Cl)c1. The number of hydrogen-bond acceptors (Lipinski definition) is 4. The molecule has 2 aromatic rings. The highest BCUT2D eigenvalue weighted by atomic mass is 35.5. The number of nitrogens with two attached hydrogens (primary N) is 1. The molecule has 2 N–H and O–H groups in total. The van der Waals surface area contributed by atoms with Crippen molar-refractivity contribution in [2.75, 3.05) is 19.6 Å². The van der Waals surface area contributed by atoms with Crippen LogP contribution in [0.2, 0.25) is 5.02 Å². The summed E-state index contributed by atoms with van der Waals surface area (Å²) in [6, 6.07) is 6.29. The number of rotatable bonds is 4. The van der Waals surface area contributed by atoms with E-state index < -0.39 is 0 Å². The summed E-state index contributed by atoms with van der Waals surface area (Å²) >= 11 is 8.09. The maximum Gasteiger partial charge on any atom is 0.0897 e. The molecule has 0 saturated carbocycles. The fourth-order valence-corrected chi connectivity index (χ4v) is 4.21. The monoisotopic (exact) mass is 335 g/mol. The molecule has 0 unspecified atom stereocenters. The van der Waals surface area contributed by atoms with Gasteiger partial charge in [0.15, 0.2) is 0 Å². The zero-order chi connectivity index (χ0) is 15.7. The smallest absolute Gasteiger partial charge is 0.0897 e. The van der Waals surface area contributed by atoms with E-state index in [4.69, 9.17) is 17.3 Å². The first kappa shape index (κ1) is 15.9. The number of nitrogens with zero attached hydrogens (tertiary/aromatic N) is 2. The highest BCUT2D eigenvalue weighted by Gasteiger charge is 2.34. The van der Waals surface area contributed by atoms with Gasteiger partial charge in [-0.1, -0.05) is 23.7 Å². The molecule has 1 aliphatic rings. The first-order chi connectivity index (χ1) is 10.6. The highest BCUT2D eigenvalue weighted by Crippen LogP contribution is 2.34. The minimum atomic E-state index is 0.444. The quantitative estimate of drug-likeness (QED) is 0.928. The van der Waals surface area contributed by atoms with Crippen LogP contribution >= 0.6 is 22.9 Å². The molecule has 5 heteroatoms. The van der Waals surface area contributed by atoms with E-state index in [1.165, 1.54) is 16.8 Å². The third kappa shape index (κ3) is 3.35. The van der Waals surface area contributed by atoms with Crippen molar-refractivity contribution in [3.05, 3.63) is 50.4 Å². The Morgan fingerprint density at radius 3 is 2.82 bits per heavy atom. The van der Waals surface area contributed by atoms with Crippen molar-refractivity contribution in [3.63, 3.8) is 0 Å². The molecule has 2 heterocycles. The van der Waals surface area contributed by atoms with Crippen LogP contribution in [0.1, 0.15) is 27.7 Å². The summed E-state index contributed by atoms with van der Waals surface area (Å²) in [4.78, 5) is 7.12. The lowest BCUT2D eigenvalue weighted by Gasteiger charge is -2.16. The van der Waals surface area contributed by atoms with E-state index in [2.05, 4.69) is 41.2 Å². The third-order valence-corrected chi connectivity index (χ3v) is 5.58. The van der Waals surface area contributed by atoms with Gasteiger partial charge in [0, 0.05) is 36.0 Å². The van der Waals surface area contributed by atoms with Crippen LogP contribution in [-0.4, -0.2) is 29.5 Å². The van der Waals surface area contributed by atoms with Gasteiger partial charge in [0.2, 0.25) is 0 Å². The lowest BCUT2D eigenvalue weighted by molar-refractivity contribution is 0.317. The number of likely N-dealkylation sites (tertiary alicyclic amines) is 1. The van der Waals surface area contributed by atoms with Crippen LogP contribution in [0.5, 0.6) is 0 Å². The summed E-state index contributed by atoms with van der Waals surface area (Å²) in [5.74, 6) is 0.921. The molecule has 0 spiro atoms. The van der Waals surface area contributed by atoms with Gasteiger partial charge in [-0.05, 0) is 43.5 Å². The molecule has 3 nitrogen and oxygen atoms in total.